The predicted octanol–water partition coefficient (Wildman–Crippen LogP) is 3.71. The van der Waals surface area contributed by atoms with Crippen molar-refractivity contribution in [2.24, 2.45) is 0 Å². The smallest absolute Gasteiger partial charge is 0.288 e. The van der Waals surface area contributed by atoms with Crippen molar-refractivity contribution in [1.29, 1.82) is 0 Å². The SMILES string of the molecule is FB(F)F.O=C(c1ccccc1)c1ccccc1[N+](=O)[O-]. The van der Waals surface area contributed by atoms with Crippen molar-refractivity contribution in [3.05, 3.63) is 75.8 Å². The van der Waals surface area contributed by atoms with E-state index >= 15 is 0 Å². The first-order valence-electron chi connectivity index (χ1n) is 5.69. The molecular weight excluding hydrogens is 286 g/mol. The lowest BCUT2D eigenvalue weighted by Gasteiger charge is -2.01. The van der Waals surface area contributed by atoms with Crippen LogP contribution in [0, 0.1) is 10.1 Å². The fourth-order valence-corrected chi connectivity index (χ4v) is 1.57. The first-order chi connectivity index (χ1) is 9.93. The molecule has 2 rings (SSSR count). The fourth-order valence-electron chi connectivity index (χ4n) is 1.57. The quantitative estimate of drug-likeness (QED) is 0.375. The molecule has 0 N–H and O–H groups in total. The molecule has 0 aromatic heterocycles. The van der Waals surface area contributed by atoms with Crippen LogP contribution in [0.3, 0.4) is 0 Å². The van der Waals surface area contributed by atoms with Gasteiger partial charge in [0.2, 0.25) is 0 Å². The van der Waals surface area contributed by atoms with Gasteiger partial charge in [-0.3, -0.25) is 27.9 Å². The van der Waals surface area contributed by atoms with Gasteiger partial charge in [-0.1, -0.05) is 42.5 Å². The maximum absolute atomic E-state index is 12.1. The van der Waals surface area contributed by atoms with Crippen molar-refractivity contribution in [2.45, 2.75) is 0 Å². The van der Waals surface area contributed by atoms with Gasteiger partial charge in [-0.25, -0.2) is 0 Å². The van der Waals surface area contributed by atoms with Gasteiger partial charge in [0.25, 0.3) is 5.69 Å². The normalized spacial score (nSPS) is 9.29. The number of carbonyl (C=O) groups excluding carboxylic acids is 1. The van der Waals surface area contributed by atoms with Crippen molar-refractivity contribution in [3.63, 3.8) is 0 Å². The average molecular weight is 295 g/mol. The summed E-state index contributed by atoms with van der Waals surface area (Å²) in [6.07, 6.45) is 0. The zero-order valence-electron chi connectivity index (χ0n) is 10.6. The zero-order valence-corrected chi connectivity index (χ0v) is 10.6. The second-order valence-electron chi connectivity index (χ2n) is 3.72. The topological polar surface area (TPSA) is 60.2 Å². The van der Waals surface area contributed by atoms with E-state index < -0.39 is 12.5 Å². The van der Waals surface area contributed by atoms with E-state index in [2.05, 4.69) is 0 Å². The number of benzene rings is 2. The molecule has 0 bridgehead atoms. The molecule has 0 heterocycles. The minimum atomic E-state index is -3.67. The van der Waals surface area contributed by atoms with Gasteiger partial charge >= 0.3 is 7.54 Å². The van der Waals surface area contributed by atoms with Crippen LogP contribution in [-0.2, 0) is 0 Å². The molecule has 0 aliphatic rings. The van der Waals surface area contributed by atoms with Crippen LogP contribution >= 0.6 is 0 Å². The van der Waals surface area contributed by atoms with E-state index in [0.717, 1.165) is 0 Å². The van der Waals surface area contributed by atoms with E-state index in [4.69, 9.17) is 0 Å². The molecule has 0 spiro atoms. The van der Waals surface area contributed by atoms with E-state index in [0.29, 0.717) is 5.56 Å². The van der Waals surface area contributed by atoms with Gasteiger partial charge in [0, 0.05) is 11.6 Å². The van der Waals surface area contributed by atoms with Crippen molar-refractivity contribution < 1.29 is 22.7 Å². The highest BCUT2D eigenvalue weighted by molar-refractivity contribution is 6.33. The second kappa shape index (κ2) is 7.83. The number of nitro groups is 1. The van der Waals surface area contributed by atoms with Crippen LogP contribution in [0.25, 0.3) is 0 Å². The summed E-state index contributed by atoms with van der Waals surface area (Å²) < 4.78 is 29.0. The molecule has 21 heavy (non-hydrogen) atoms. The minimum absolute atomic E-state index is 0.115. The van der Waals surface area contributed by atoms with Crippen LogP contribution in [0.2, 0.25) is 0 Å². The Hall–Kier alpha value is -2.64. The van der Waals surface area contributed by atoms with Gasteiger partial charge in [0.15, 0.2) is 5.78 Å². The largest absolute Gasteiger partial charge is 0.762 e. The van der Waals surface area contributed by atoms with Gasteiger partial charge in [-0.2, -0.15) is 0 Å². The summed E-state index contributed by atoms with van der Waals surface area (Å²) in [6.45, 7) is 0. The van der Waals surface area contributed by atoms with Crippen molar-refractivity contribution in [2.75, 3.05) is 0 Å². The number of ketones is 1. The number of halogens is 3. The van der Waals surface area contributed by atoms with Crippen molar-refractivity contribution in [3.8, 4) is 0 Å². The number of rotatable bonds is 3. The highest BCUT2D eigenvalue weighted by atomic mass is 19.4. The van der Waals surface area contributed by atoms with Gasteiger partial charge < -0.3 is 0 Å². The summed E-state index contributed by atoms with van der Waals surface area (Å²) in [5, 5.41) is 10.8. The van der Waals surface area contributed by atoms with Crippen LogP contribution in [0.1, 0.15) is 15.9 Å². The molecule has 0 amide bonds. The lowest BCUT2D eigenvalue weighted by molar-refractivity contribution is -0.385. The number of para-hydroxylation sites is 1. The number of carbonyl (C=O) groups is 1. The molecule has 0 saturated heterocycles. The van der Waals surface area contributed by atoms with Crippen LogP contribution in [0.5, 0.6) is 0 Å². The molecule has 108 valence electrons. The second-order valence-corrected chi connectivity index (χ2v) is 3.72. The first kappa shape index (κ1) is 16.4. The Balaban J connectivity index is 0.000000491. The molecule has 4 nitrogen and oxygen atoms in total. The molecule has 0 aliphatic heterocycles. The predicted molar refractivity (Wildman–Crippen MR) is 72.0 cm³/mol. The van der Waals surface area contributed by atoms with Crippen molar-refractivity contribution in [1.82, 2.24) is 0 Å². The Morgan fingerprint density at radius 2 is 1.43 bits per heavy atom. The van der Waals surface area contributed by atoms with E-state index in [9.17, 15) is 27.9 Å². The number of hydrogen-bond donors (Lipinski definition) is 0. The van der Waals surface area contributed by atoms with Crippen LogP contribution in [0.15, 0.2) is 54.6 Å². The summed E-state index contributed by atoms with van der Waals surface area (Å²) in [7, 11) is -3.67. The molecule has 8 heteroatoms. The monoisotopic (exact) mass is 295 g/mol. The fraction of sp³-hybridized carbons (Fsp3) is 0. The summed E-state index contributed by atoms with van der Waals surface area (Å²) >= 11 is 0. The van der Waals surface area contributed by atoms with Crippen LogP contribution < -0.4 is 0 Å². The van der Waals surface area contributed by atoms with Gasteiger partial charge in [-0.05, 0) is 6.07 Å². The Bertz CT molecular complexity index is 620. The summed E-state index contributed by atoms with van der Waals surface area (Å²) in [6, 6.07) is 14.5. The van der Waals surface area contributed by atoms with Gasteiger partial charge in [0.05, 0.1) is 4.92 Å². The Kier molecular flexibility index (Phi) is 6.13. The Morgan fingerprint density at radius 3 is 1.95 bits per heavy atom. The summed E-state index contributed by atoms with van der Waals surface area (Å²) in [5.41, 5.74) is 0.395. The lowest BCUT2D eigenvalue weighted by Crippen LogP contribution is -2.04. The number of nitro benzene ring substituents is 1. The maximum atomic E-state index is 12.1. The highest BCUT2D eigenvalue weighted by Crippen LogP contribution is 2.20. The third-order valence-electron chi connectivity index (χ3n) is 2.38. The summed E-state index contributed by atoms with van der Waals surface area (Å²) in [5.74, 6) is -0.335. The van der Waals surface area contributed by atoms with Crippen LogP contribution in [0.4, 0.5) is 18.6 Å². The number of nitrogens with zero attached hydrogens (tertiary/aromatic N) is 1. The Labute approximate surface area is 118 Å². The number of hydrogen-bond acceptors (Lipinski definition) is 3. The zero-order chi connectivity index (χ0) is 15.8. The van der Waals surface area contributed by atoms with E-state index in [1.54, 1.807) is 42.5 Å². The maximum Gasteiger partial charge on any atom is 0.762 e. The van der Waals surface area contributed by atoms with Gasteiger partial charge in [0.1, 0.15) is 5.56 Å². The molecule has 0 radical (unpaired) electrons. The molecule has 2 aromatic carbocycles. The third-order valence-corrected chi connectivity index (χ3v) is 2.38. The molecule has 0 saturated carbocycles. The van der Waals surface area contributed by atoms with Gasteiger partial charge in [-0.15, -0.1) is 0 Å². The van der Waals surface area contributed by atoms with Crippen LogP contribution in [-0.4, -0.2) is 18.3 Å². The minimum Gasteiger partial charge on any atom is -0.288 e. The lowest BCUT2D eigenvalue weighted by atomic mass is 10.0. The third kappa shape index (κ3) is 5.10. The van der Waals surface area contributed by atoms with E-state index in [-0.39, 0.29) is 17.0 Å². The molecule has 0 atom stereocenters. The standard InChI is InChI=1S/C13H9NO3.BF3/c15-13(10-6-2-1-3-7-10)11-8-4-5-9-12(11)14(16)17;2-1(3)4/h1-9H;. The summed E-state index contributed by atoms with van der Waals surface area (Å²) in [4.78, 5) is 22.3. The highest BCUT2D eigenvalue weighted by Gasteiger charge is 2.19. The van der Waals surface area contributed by atoms with E-state index in [1.165, 1.54) is 12.1 Å². The molecular formula is C13H9BF3NO3. The molecule has 0 unspecified atom stereocenters. The molecule has 0 aliphatic carbocycles. The molecule has 0 fully saturated rings. The molecule has 2 aromatic rings. The Morgan fingerprint density at radius 1 is 0.952 bits per heavy atom. The first-order valence-corrected chi connectivity index (χ1v) is 5.69. The van der Waals surface area contributed by atoms with E-state index in [1.807, 2.05) is 0 Å². The van der Waals surface area contributed by atoms with Crippen molar-refractivity contribution >= 4 is 19.0 Å². The average Bonchev–Trinajstić information content (AvgIpc) is 2.47.